The highest BCUT2D eigenvalue weighted by Gasteiger charge is 2.40. The van der Waals surface area contributed by atoms with Gasteiger partial charge in [0.25, 0.3) is 5.88 Å². The number of hydrogen-bond acceptors (Lipinski definition) is 7. The summed E-state index contributed by atoms with van der Waals surface area (Å²) >= 11 is 0.905. The Balaban J connectivity index is 1.77. The molecule has 19 heavy (non-hydrogen) atoms. The summed E-state index contributed by atoms with van der Waals surface area (Å²) in [5, 5.41) is 0.0251. The number of rotatable bonds is 5. The van der Waals surface area contributed by atoms with Crippen LogP contribution in [0.15, 0.2) is 5.03 Å². The van der Waals surface area contributed by atoms with Crippen molar-refractivity contribution in [3.63, 3.8) is 0 Å². The summed E-state index contributed by atoms with van der Waals surface area (Å²) in [6.07, 6.45) is 1.76. The van der Waals surface area contributed by atoms with Crippen LogP contribution in [0.5, 0.6) is 5.88 Å². The molecule has 0 radical (unpaired) electrons. The molecule has 8 heteroatoms. The van der Waals surface area contributed by atoms with E-state index in [0.717, 1.165) is 37.8 Å². The van der Waals surface area contributed by atoms with Crippen LogP contribution in [0.1, 0.15) is 19.8 Å². The van der Waals surface area contributed by atoms with E-state index in [1.807, 2.05) is 6.92 Å². The van der Waals surface area contributed by atoms with Gasteiger partial charge >= 0.3 is 0 Å². The number of ether oxygens (including phenoxy) is 1. The van der Waals surface area contributed by atoms with Gasteiger partial charge in [-0.25, -0.2) is 8.42 Å². The minimum Gasteiger partial charge on any atom is -0.470 e. The van der Waals surface area contributed by atoms with Crippen molar-refractivity contribution in [2.24, 2.45) is 5.92 Å². The molecule has 2 saturated heterocycles. The van der Waals surface area contributed by atoms with Crippen LogP contribution in [0.3, 0.4) is 0 Å². The van der Waals surface area contributed by atoms with Crippen LogP contribution in [0.2, 0.25) is 0 Å². The van der Waals surface area contributed by atoms with Gasteiger partial charge in [0.2, 0.25) is 14.9 Å². The molecule has 106 valence electrons. The molecule has 0 aromatic carbocycles. The molecule has 0 saturated carbocycles. The average molecular weight is 303 g/mol. The van der Waals surface area contributed by atoms with Gasteiger partial charge < -0.3 is 4.74 Å². The zero-order valence-corrected chi connectivity index (χ0v) is 12.4. The van der Waals surface area contributed by atoms with Crippen molar-refractivity contribution >= 4 is 21.6 Å². The minimum atomic E-state index is -3.35. The Morgan fingerprint density at radius 1 is 1.42 bits per heavy atom. The van der Waals surface area contributed by atoms with Crippen molar-refractivity contribution in [2.45, 2.75) is 30.9 Å². The molecular formula is C11H17N3O3S2. The fourth-order valence-electron chi connectivity index (χ4n) is 2.81. The summed E-state index contributed by atoms with van der Waals surface area (Å²) in [5.74, 6) is 0.801. The van der Waals surface area contributed by atoms with Gasteiger partial charge in [-0.2, -0.15) is 4.37 Å². The zero-order chi connectivity index (χ0) is 13.5. The maximum absolute atomic E-state index is 12.1. The van der Waals surface area contributed by atoms with Crippen LogP contribution in [-0.2, 0) is 9.84 Å². The fourth-order valence-corrected chi connectivity index (χ4v) is 4.91. The predicted molar refractivity (Wildman–Crippen MR) is 71.2 cm³/mol. The summed E-state index contributed by atoms with van der Waals surface area (Å²) in [5.41, 5.74) is 0. The molecule has 3 heterocycles. The molecule has 2 aliphatic rings. The SMILES string of the molecule is CCCS(=O)(=O)c1nsnc1OC1CN2CCC1C2. The number of sulfone groups is 1. The van der Waals surface area contributed by atoms with E-state index in [1.54, 1.807) is 0 Å². The highest BCUT2D eigenvalue weighted by atomic mass is 32.2. The van der Waals surface area contributed by atoms with E-state index >= 15 is 0 Å². The molecule has 0 amide bonds. The molecule has 0 N–H and O–H groups in total. The molecule has 2 aliphatic heterocycles. The van der Waals surface area contributed by atoms with E-state index in [4.69, 9.17) is 4.74 Å². The number of piperidine rings is 1. The quantitative estimate of drug-likeness (QED) is 0.801. The van der Waals surface area contributed by atoms with Crippen molar-refractivity contribution < 1.29 is 13.2 Å². The summed E-state index contributed by atoms with van der Waals surface area (Å²) in [4.78, 5) is 2.34. The largest absolute Gasteiger partial charge is 0.470 e. The van der Waals surface area contributed by atoms with E-state index in [0.29, 0.717) is 12.3 Å². The van der Waals surface area contributed by atoms with Crippen LogP contribution in [0.4, 0.5) is 0 Å². The lowest BCUT2D eigenvalue weighted by Crippen LogP contribution is -2.32. The monoisotopic (exact) mass is 303 g/mol. The van der Waals surface area contributed by atoms with Crippen molar-refractivity contribution in [2.75, 3.05) is 25.4 Å². The second kappa shape index (κ2) is 4.99. The van der Waals surface area contributed by atoms with Crippen molar-refractivity contribution in [3.8, 4) is 5.88 Å². The Kier molecular flexibility index (Phi) is 3.48. The molecule has 3 rings (SSSR count). The van der Waals surface area contributed by atoms with Crippen LogP contribution >= 0.6 is 11.7 Å². The predicted octanol–water partition coefficient (Wildman–Crippen LogP) is 0.805. The minimum absolute atomic E-state index is 0.0251. The number of hydrogen-bond donors (Lipinski definition) is 0. The average Bonchev–Trinajstić information content (AvgIpc) is 3.03. The summed E-state index contributed by atoms with van der Waals surface area (Å²) in [6.45, 7) is 4.89. The first-order chi connectivity index (χ1) is 9.10. The highest BCUT2D eigenvalue weighted by Crippen LogP contribution is 2.32. The Morgan fingerprint density at radius 2 is 2.26 bits per heavy atom. The zero-order valence-electron chi connectivity index (χ0n) is 10.8. The first-order valence-corrected chi connectivity index (χ1v) is 8.92. The molecular weight excluding hydrogens is 286 g/mol. The van der Waals surface area contributed by atoms with Crippen LogP contribution in [-0.4, -0.2) is 53.6 Å². The van der Waals surface area contributed by atoms with Gasteiger partial charge in [-0.15, -0.1) is 4.37 Å². The smallest absolute Gasteiger partial charge is 0.265 e. The normalized spacial score (nSPS) is 29.8. The molecule has 2 fully saturated rings. The van der Waals surface area contributed by atoms with Crippen molar-refractivity contribution in [1.82, 2.24) is 13.6 Å². The van der Waals surface area contributed by atoms with E-state index in [-0.39, 0.29) is 22.8 Å². The molecule has 0 spiro atoms. The van der Waals surface area contributed by atoms with Gasteiger partial charge in [-0.3, -0.25) is 4.90 Å². The van der Waals surface area contributed by atoms with Gasteiger partial charge in [0, 0.05) is 19.0 Å². The van der Waals surface area contributed by atoms with Crippen molar-refractivity contribution in [1.29, 1.82) is 0 Å². The van der Waals surface area contributed by atoms with Crippen molar-refractivity contribution in [3.05, 3.63) is 0 Å². The first kappa shape index (κ1) is 13.3. The van der Waals surface area contributed by atoms with E-state index in [2.05, 4.69) is 13.6 Å². The lowest BCUT2D eigenvalue weighted by molar-refractivity contribution is 0.133. The van der Waals surface area contributed by atoms with E-state index < -0.39 is 9.84 Å². The summed E-state index contributed by atoms with van der Waals surface area (Å²) in [7, 11) is -3.35. The second-order valence-corrected chi connectivity index (χ2v) is 7.71. The third-order valence-corrected chi connectivity index (χ3v) is 6.16. The molecule has 0 aliphatic carbocycles. The number of aromatic nitrogens is 2. The van der Waals surface area contributed by atoms with Gasteiger partial charge in [-0.05, 0) is 19.4 Å². The lowest BCUT2D eigenvalue weighted by atomic mass is 10.0. The Labute approximate surface area is 117 Å². The van der Waals surface area contributed by atoms with Gasteiger partial charge in [0.05, 0.1) is 17.5 Å². The molecule has 1 aromatic heterocycles. The topological polar surface area (TPSA) is 72.4 Å². The Hall–Kier alpha value is -0.730. The lowest BCUT2D eigenvalue weighted by Gasteiger charge is -2.22. The third-order valence-electron chi connectivity index (χ3n) is 3.73. The fraction of sp³-hybridized carbons (Fsp3) is 0.818. The van der Waals surface area contributed by atoms with Crippen LogP contribution < -0.4 is 4.74 Å². The Morgan fingerprint density at radius 3 is 2.89 bits per heavy atom. The summed E-state index contributed by atoms with van der Waals surface area (Å²) in [6, 6.07) is 0. The molecule has 6 nitrogen and oxygen atoms in total. The van der Waals surface area contributed by atoms with Gasteiger partial charge in [0.15, 0.2) is 0 Å². The highest BCUT2D eigenvalue weighted by molar-refractivity contribution is 7.91. The molecule has 1 aromatic rings. The molecule has 3 atom stereocenters. The second-order valence-electron chi connectivity index (χ2n) is 5.16. The molecule has 2 bridgehead atoms. The first-order valence-electron chi connectivity index (χ1n) is 6.54. The Bertz CT molecular complexity index is 557. The maximum atomic E-state index is 12.1. The van der Waals surface area contributed by atoms with E-state index in [9.17, 15) is 8.42 Å². The maximum Gasteiger partial charge on any atom is 0.265 e. The van der Waals surface area contributed by atoms with Crippen LogP contribution in [0.25, 0.3) is 0 Å². The standard InChI is InChI=1S/C11H17N3O3S2/c1-2-5-19(15,16)11-10(12-18-13-11)17-9-7-14-4-3-8(9)6-14/h8-9H,2-7H2,1H3. The molecule has 3 unspecified atom stereocenters. The third kappa shape index (κ3) is 2.48. The van der Waals surface area contributed by atoms with Crippen LogP contribution in [0, 0.1) is 5.92 Å². The van der Waals surface area contributed by atoms with Gasteiger partial charge in [-0.1, -0.05) is 6.92 Å². The van der Waals surface area contributed by atoms with Gasteiger partial charge in [0.1, 0.15) is 6.10 Å². The number of nitrogens with zero attached hydrogens (tertiary/aromatic N) is 3. The summed E-state index contributed by atoms with van der Waals surface area (Å²) < 4.78 is 37.9. The number of fused-ring (bicyclic) bond motifs is 2. The van der Waals surface area contributed by atoms with E-state index in [1.165, 1.54) is 0 Å².